The molecule has 0 saturated carbocycles. The first-order chi connectivity index (χ1) is 16.2. The largest absolute Gasteiger partial charge is 0.573 e. The number of benzene rings is 3. The lowest BCUT2D eigenvalue weighted by molar-refractivity contribution is -0.274. The van der Waals surface area contributed by atoms with Crippen molar-refractivity contribution in [1.29, 1.82) is 0 Å². The maximum atomic E-state index is 13.5. The molecule has 0 aromatic heterocycles. The molecule has 0 spiro atoms. The van der Waals surface area contributed by atoms with Gasteiger partial charge in [0.25, 0.3) is 11.8 Å². The lowest BCUT2D eigenvalue weighted by Crippen LogP contribution is -2.32. The Morgan fingerprint density at radius 1 is 0.882 bits per heavy atom. The average Bonchev–Trinajstić information content (AvgIpc) is 3.02. The minimum absolute atomic E-state index is 0.0797. The summed E-state index contributed by atoms with van der Waals surface area (Å²) in [6.45, 7) is 1.88. The first-order valence-corrected chi connectivity index (χ1v) is 10.1. The summed E-state index contributed by atoms with van der Waals surface area (Å²) in [5, 5.41) is 2.83. The van der Waals surface area contributed by atoms with Crippen LogP contribution in [0.4, 0.5) is 24.5 Å². The van der Waals surface area contributed by atoms with E-state index in [2.05, 4.69) is 10.1 Å². The van der Waals surface area contributed by atoms with Gasteiger partial charge >= 0.3 is 6.36 Å². The van der Waals surface area contributed by atoms with Gasteiger partial charge in [-0.3, -0.25) is 9.59 Å². The summed E-state index contributed by atoms with van der Waals surface area (Å²) in [5.74, 6) is -1.42. The van der Waals surface area contributed by atoms with Crippen LogP contribution in [0.5, 0.6) is 11.5 Å². The van der Waals surface area contributed by atoms with Crippen molar-refractivity contribution in [3.05, 3.63) is 89.6 Å². The molecule has 0 aliphatic carbocycles. The van der Waals surface area contributed by atoms with E-state index in [1.807, 2.05) is 6.92 Å². The van der Waals surface area contributed by atoms with Gasteiger partial charge in [0.1, 0.15) is 17.2 Å². The fraction of sp³-hybridized carbons (Fsp3) is 0.120. The van der Waals surface area contributed by atoms with Crippen LogP contribution in [0.25, 0.3) is 5.57 Å². The van der Waals surface area contributed by atoms with Gasteiger partial charge in [0.05, 0.1) is 18.4 Å². The molecular formula is C25H19F3N2O4. The van der Waals surface area contributed by atoms with Gasteiger partial charge in [0, 0.05) is 11.8 Å². The van der Waals surface area contributed by atoms with Gasteiger partial charge in [0.15, 0.2) is 0 Å². The third kappa shape index (κ3) is 4.59. The molecule has 4 rings (SSSR count). The van der Waals surface area contributed by atoms with Crippen LogP contribution in [-0.4, -0.2) is 25.3 Å². The minimum atomic E-state index is -4.87. The van der Waals surface area contributed by atoms with E-state index >= 15 is 0 Å². The van der Waals surface area contributed by atoms with Gasteiger partial charge in [-0.1, -0.05) is 48.0 Å². The Hall–Kier alpha value is -4.27. The normalized spacial score (nSPS) is 14.0. The van der Waals surface area contributed by atoms with Crippen LogP contribution in [0.15, 0.2) is 78.5 Å². The molecule has 0 saturated heterocycles. The zero-order valence-corrected chi connectivity index (χ0v) is 18.1. The Kier molecular flexibility index (Phi) is 6.02. The van der Waals surface area contributed by atoms with E-state index in [1.54, 1.807) is 48.5 Å². The minimum Gasteiger partial charge on any atom is -0.495 e. The molecule has 0 atom stereocenters. The van der Waals surface area contributed by atoms with Gasteiger partial charge in [-0.05, 0) is 36.8 Å². The molecule has 0 radical (unpaired) electrons. The quantitative estimate of drug-likeness (QED) is 0.498. The number of amides is 2. The molecule has 1 N–H and O–H groups in total. The highest BCUT2D eigenvalue weighted by Gasteiger charge is 2.41. The molecular weight excluding hydrogens is 449 g/mol. The number of anilines is 2. The lowest BCUT2D eigenvalue weighted by atomic mass is 10.0. The lowest BCUT2D eigenvalue weighted by Gasteiger charge is -2.18. The summed E-state index contributed by atoms with van der Waals surface area (Å²) in [6.07, 6.45) is -4.87. The van der Waals surface area contributed by atoms with Crippen molar-refractivity contribution < 1.29 is 32.2 Å². The molecule has 3 aromatic rings. The molecule has 0 unspecified atom stereocenters. The molecule has 1 aliphatic heterocycles. The number of alkyl halides is 3. The highest BCUT2D eigenvalue weighted by Crippen LogP contribution is 2.38. The number of halogens is 3. The number of nitrogens with zero attached hydrogens (tertiary/aromatic N) is 1. The van der Waals surface area contributed by atoms with Crippen LogP contribution in [-0.2, 0) is 9.59 Å². The van der Waals surface area contributed by atoms with Crippen LogP contribution < -0.4 is 19.7 Å². The molecule has 174 valence electrons. The van der Waals surface area contributed by atoms with E-state index in [0.29, 0.717) is 11.3 Å². The van der Waals surface area contributed by atoms with Crippen LogP contribution in [0.2, 0.25) is 0 Å². The van der Waals surface area contributed by atoms with Crippen molar-refractivity contribution >= 4 is 28.8 Å². The summed E-state index contributed by atoms with van der Waals surface area (Å²) < 4.78 is 47.2. The number of para-hydroxylation sites is 2. The first-order valence-electron chi connectivity index (χ1n) is 10.1. The zero-order valence-electron chi connectivity index (χ0n) is 18.1. The van der Waals surface area contributed by atoms with E-state index in [9.17, 15) is 22.8 Å². The SMILES string of the molecule is COc1ccccc1N1C(=O)C(Nc2cccc(OC(F)(F)F)c2)=C(c2ccc(C)cc2)C1=O. The second-order valence-electron chi connectivity index (χ2n) is 7.43. The van der Waals surface area contributed by atoms with Crippen LogP contribution in [0.3, 0.4) is 0 Å². The molecule has 0 bridgehead atoms. The van der Waals surface area contributed by atoms with Gasteiger partial charge in [-0.2, -0.15) is 0 Å². The smallest absolute Gasteiger partial charge is 0.495 e. The van der Waals surface area contributed by atoms with Crippen LogP contribution in [0.1, 0.15) is 11.1 Å². The Morgan fingerprint density at radius 2 is 1.59 bits per heavy atom. The van der Waals surface area contributed by atoms with Gasteiger partial charge in [0.2, 0.25) is 0 Å². The van der Waals surface area contributed by atoms with E-state index in [0.717, 1.165) is 22.6 Å². The average molecular weight is 468 g/mol. The number of imide groups is 1. The third-order valence-corrected chi connectivity index (χ3v) is 5.09. The van der Waals surface area contributed by atoms with Gasteiger partial charge in [-0.25, -0.2) is 4.90 Å². The fourth-order valence-corrected chi connectivity index (χ4v) is 3.58. The monoisotopic (exact) mass is 468 g/mol. The predicted molar refractivity (Wildman–Crippen MR) is 120 cm³/mol. The Morgan fingerprint density at radius 3 is 2.26 bits per heavy atom. The Balaban J connectivity index is 1.79. The molecule has 3 aromatic carbocycles. The van der Waals surface area contributed by atoms with Crippen molar-refractivity contribution in [2.45, 2.75) is 13.3 Å². The molecule has 6 nitrogen and oxygen atoms in total. The van der Waals surface area contributed by atoms with Crippen molar-refractivity contribution in [1.82, 2.24) is 0 Å². The number of methoxy groups -OCH3 is 1. The zero-order chi connectivity index (χ0) is 24.5. The van der Waals surface area contributed by atoms with Gasteiger partial charge in [-0.15, -0.1) is 13.2 Å². The number of nitrogens with one attached hydrogen (secondary N) is 1. The van der Waals surface area contributed by atoms with Crippen molar-refractivity contribution in [2.75, 3.05) is 17.3 Å². The fourth-order valence-electron chi connectivity index (χ4n) is 3.58. The summed E-state index contributed by atoms with van der Waals surface area (Å²) in [5.41, 5.74) is 1.82. The number of aryl methyl sites for hydroxylation is 1. The maximum absolute atomic E-state index is 13.5. The predicted octanol–water partition coefficient (Wildman–Crippen LogP) is 5.30. The topological polar surface area (TPSA) is 67.9 Å². The molecule has 1 aliphatic rings. The second-order valence-corrected chi connectivity index (χ2v) is 7.43. The number of hydrogen-bond acceptors (Lipinski definition) is 5. The molecule has 2 amide bonds. The highest BCUT2D eigenvalue weighted by molar-refractivity contribution is 6.46. The van der Waals surface area contributed by atoms with E-state index in [1.165, 1.54) is 19.2 Å². The summed E-state index contributed by atoms with van der Waals surface area (Å²) in [7, 11) is 1.42. The summed E-state index contributed by atoms with van der Waals surface area (Å²) in [6, 6.07) is 18.6. The third-order valence-electron chi connectivity index (χ3n) is 5.09. The maximum Gasteiger partial charge on any atom is 0.573 e. The first kappa shape index (κ1) is 22.9. The Labute approximate surface area is 193 Å². The number of hydrogen-bond donors (Lipinski definition) is 1. The standard InChI is InChI=1S/C25H19F3N2O4/c1-15-10-12-16(13-11-15)21-22(29-17-6-5-7-18(14-17)34-25(26,27)28)24(32)30(23(21)31)19-8-3-4-9-20(19)33-2/h3-14,29H,1-2H3. The van der Waals surface area contributed by atoms with Crippen LogP contribution >= 0.6 is 0 Å². The molecule has 9 heteroatoms. The van der Waals surface area contributed by atoms with E-state index < -0.39 is 23.9 Å². The van der Waals surface area contributed by atoms with Crippen molar-refractivity contribution in [3.8, 4) is 11.5 Å². The van der Waals surface area contributed by atoms with E-state index in [4.69, 9.17) is 4.74 Å². The number of ether oxygens (including phenoxy) is 2. The Bertz CT molecular complexity index is 1280. The highest BCUT2D eigenvalue weighted by atomic mass is 19.4. The van der Waals surface area contributed by atoms with Crippen molar-refractivity contribution in [2.24, 2.45) is 0 Å². The molecule has 0 fully saturated rings. The summed E-state index contributed by atoms with van der Waals surface area (Å²) in [4.78, 5) is 28.0. The summed E-state index contributed by atoms with van der Waals surface area (Å²) >= 11 is 0. The number of carbonyl (C=O) groups excluding carboxylic acids is 2. The molecule has 1 heterocycles. The van der Waals surface area contributed by atoms with Crippen molar-refractivity contribution in [3.63, 3.8) is 0 Å². The van der Waals surface area contributed by atoms with E-state index in [-0.39, 0.29) is 22.6 Å². The number of rotatable bonds is 6. The number of carbonyl (C=O) groups is 2. The van der Waals surface area contributed by atoms with Crippen LogP contribution in [0, 0.1) is 6.92 Å². The second kappa shape index (κ2) is 8.93. The molecule has 34 heavy (non-hydrogen) atoms. The van der Waals surface area contributed by atoms with Gasteiger partial charge < -0.3 is 14.8 Å².